The van der Waals surface area contributed by atoms with Gasteiger partial charge in [-0.2, -0.15) is 0 Å². The fourth-order valence-electron chi connectivity index (χ4n) is 2.72. The molecule has 0 bridgehead atoms. The van der Waals surface area contributed by atoms with E-state index in [1.54, 1.807) is 0 Å². The van der Waals surface area contributed by atoms with Crippen molar-refractivity contribution < 1.29 is 9.21 Å². The Morgan fingerprint density at radius 1 is 1.24 bits per heavy atom. The number of anilines is 1. The number of aromatic nitrogens is 1. The summed E-state index contributed by atoms with van der Waals surface area (Å²) in [6.07, 6.45) is 2.79. The van der Waals surface area contributed by atoms with Crippen LogP contribution in [0.25, 0.3) is 11.1 Å². The molecular weight excluding hydrogens is 338 g/mol. The number of nitrogens with zero attached hydrogens (tertiary/aromatic N) is 1. The predicted octanol–water partition coefficient (Wildman–Crippen LogP) is 3.64. The van der Waals surface area contributed by atoms with Gasteiger partial charge in [-0.15, -0.1) is 12.4 Å². The second-order valence-corrected chi connectivity index (χ2v) is 6.29. The predicted molar refractivity (Wildman–Crippen MR) is 100.0 cm³/mol. The number of nitrogens with two attached hydrogens (primary N) is 1. The van der Waals surface area contributed by atoms with Gasteiger partial charge in [0, 0.05) is 11.6 Å². The number of carbonyl (C=O) groups excluding carboxylic acids is 1. The van der Waals surface area contributed by atoms with Crippen LogP contribution in [0.5, 0.6) is 0 Å². The minimum absolute atomic E-state index is 0. The van der Waals surface area contributed by atoms with Crippen LogP contribution in [-0.2, 0) is 11.2 Å². The largest absolute Gasteiger partial charge is 0.440 e. The Morgan fingerprint density at radius 3 is 2.72 bits per heavy atom. The summed E-state index contributed by atoms with van der Waals surface area (Å²) in [5, 5.41) is 2.86. The quantitative estimate of drug-likeness (QED) is 0.730. The SMILES string of the molecule is Cl.NC(Cc1ccccc1)C(=O)Nc1ccc2oc(C3CC3)nc2c1. The highest BCUT2D eigenvalue weighted by atomic mass is 35.5. The van der Waals surface area contributed by atoms with Crippen LogP contribution in [-0.4, -0.2) is 16.9 Å². The van der Waals surface area contributed by atoms with Gasteiger partial charge in [-0.3, -0.25) is 4.79 Å². The van der Waals surface area contributed by atoms with Crippen molar-refractivity contribution in [3.05, 3.63) is 60.0 Å². The lowest BCUT2D eigenvalue weighted by Gasteiger charge is -2.12. The maximum Gasteiger partial charge on any atom is 0.241 e. The molecule has 1 atom stereocenters. The van der Waals surface area contributed by atoms with Gasteiger partial charge in [0.05, 0.1) is 6.04 Å². The minimum atomic E-state index is -0.595. The molecule has 3 aromatic rings. The average molecular weight is 358 g/mol. The molecule has 1 saturated carbocycles. The van der Waals surface area contributed by atoms with E-state index in [0.29, 0.717) is 18.0 Å². The number of carbonyl (C=O) groups is 1. The molecule has 1 aliphatic rings. The Bertz CT molecular complexity index is 875. The third-order valence-electron chi connectivity index (χ3n) is 4.23. The van der Waals surface area contributed by atoms with Crippen LogP contribution < -0.4 is 11.1 Å². The highest BCUT2D eigenvalue weighted by molar-refractivity contribution is 5.96. The molecule has 2 aromatic carbocycles. The maximum absolute atomic E-state index is 12.3. The summed E-state index contributed by atoms with van der Waals surface area (Å²) in [7, 11) is 0. The van der Waals surface area contributed by atoms with Gasteiger partial charge in [0.15, 0.2) is 11.5 Å². The fraction of sp³-hybridized carbons (Fsp3) is 0.263. The van der Waals surface area contributed by atoms with Gasteiger partial charge in [-0.1, -0.05) is 30.3 Å². The number of halogens is 1. The highest BCUT2D eigenvalue weighted by Gasteiger charge is 2.28. The van der Waals surface area contributed by atoms with Crippen molar-refractivity contribution in [3.63, 3.8) is 0 Å². The molecule has 1 aromatic heterocycles. The van der Waals surface area contributed by atoms with Gasteiger partial charge >= 0.3 is 0 Å². The standard InChI is InChI=1S/C19H19N3O2.ClH/c20-15(10-12-4-2-1-3-5-12)18(23)21-14-8-9-17-16(11-14)22-19(24-17)13-6-7-13;/h1-5,8-9,11,13,15H,6-7,10,20H2,(H,21,23);1H. The molecule has 0 saturated heterocycles. The third-order valence-corrected chi connectivity index (χ3v) is 4.23. The zero-order valence-electron chi connectivity index (χ0n) is 13.6. The van der Waals surface area contributed by atoms with E-state index in [1.807, 2.05) is 48.5 Å². The zero-order valence-corrected chi connectivity index (χ0v) is 14.5. The zero-order chi connectivity index (χ0) is 16.5. The monoisotopic (exact) mass is 357 g/mol. The van der Waals surface area contributed by atoms with E-state index in [0.717, 1.165) is 35.4 Å². The molecule has 130 valence electrons. The number of nitrogens with one attached hydrogen (secondary N) is 1. The molecule has 4 rings (SSSR count). The summed E-state index contributed by atoms with van der Waals surface area (Å²) >= 11 is 0. The number of hydrogen-bond acceptors (Lipinski definition) is 4. The second kappa shape index (κ2) is 7.25. The number of amides is 1. The van der Waals surface area contributed by atoms with Gasteiger partial charge in [-0.05, 0) is 43.0 Å². The van der Waals surface area contributed by atoms with E-state index in [9.17, 15) is 4.79 Å². The molecule has 6 heteroatoms. The maximum atomic E-state index is 12.3. The van der Waals surface area contributed by atoms with Crippen LogP contribution in [0.3, 0.4) is 0 Å². The first-order valence-corrected chi connectivity index (χ1v) is 8.20. The van der Waals surface area contributed by atoms with E-state index in [1.165, 1.54) is 0 Å². The average Bonchev–Trinajstić information content (AvgIpc) is 3.35. The number of rotatable bonds is 5. The first-order valence-electron chi connectivity index (χ1n) is 8.20. The molecule has 1 fully saturated rings. The summed E-state index contributed by atoms with van der Waals surface area (Å²) in [6, 6.07) is 14.6. The number of fused-ring (bicyclic) bond motifs is 1. The van der Waals surface area contributed by atoms with Gasteiger partial charge < -0.3 is 15.5 Å². The Morgan fingerprint density at radius 2 is 2.00 bits per heavy atom. The molecule has 1 amide bonds. The Labute approximate surface area is 152 Å². The van der Waals surface area contributed by atoms with Crippen molar-refractivity contribution in [2.75, 3.05) is 5.32 Å². The number of oxazole rings is 1. The molecule has 25 heavy (non-hydrogen) atoms. The molecule has 0 aliphatic heterocycles. The molecule has 1 heterocycles. The van der Waals surface area contributed by atoms with Crippen molar-refractivity contribution in [3.8, 4) is 0 Å². The lowest BCUT2D eigenvalue weighted by Crippen LogP contribution is -2.37. The van der Waals surface area contributed by atoms with Crippen LogP contribution in [0.15, 0.2) is 52.9 Å². The molecule has 1 unspecified atom stereocenters. The van der Waals surface area contributed by atoms with Gasteiger partial charge in [0.25, 0.3) is 0 Å². The van der Waals surface area contributed by atoms with E-state index >= 15 is 0 Å². The molecule has 3 N–H and O–H groups in total. The first-order chi connectivity index (χ1) is 11.7. The number of benzene rings is 2. The molecule has 0 spiro atoms. The number of hydrogen-bond donors (Lipinski definition) is 2. The Balaban J connectivity index is 0.00000182. The van der Waals surface area contributed by atoms with Gasteiger partial charge in [0.1, 0.15) is 5.52 Å². The summed E-state index contributed by atoms with van der Waals surface area (Å²) in [4.78, 5) is 16.8. The van der Waals surface area contributed by atoms with Gasteiger partial charge in [-0.25, -0.2) is 4.98 Å². The van der Waals surface area contributed by atoms with Crippen molar-refractivity contribution in [2.45, 2.75) is 31.2 Å². The topological polar surface area (TPSA) is 81.2 Å². The summed E-state index contributed by atoms with van der Waals surface area (Å²) in [5.74, 6) is 1.06. The van der Waals surface area contributed by atoms with Crippen LogP contribution >= 0.6 is 12.4 Å². The minimum Gasteiger partial charge on any atom is -0.440 e. The van der Waals surface area contributed by atoms with E-state index in [-0.39, 0.29) is 18.3 Å². The van der Waals surface area contributed by atoms with E-state index in [2.05, 4.69) is 10.3 Å². The fourth-order valence-corrected chi connectivity index (χ4v) is 2.72. The molecule has 5 nitrogen and oxygen atoms in total. The molecule has 0 radical (unpaired) electrons. The Hall–Kier alpha value is -2.37. The van der Waals surface area contributed by atoms with Crippen molar-refractivity contribution in [1.29, 1.82) is 0 Å². The van der Waals surface area contributed by atoms with Crippen molar-refractivity contribution >= 4 is 35.1 Å². The van der Waals surface area contributed by atoms with Crippen LogP contribution in [0.2, 0.25) is 0 Å². The third kappa shape index (κ3) is 4.00. The van der Waals surface area contributed by atoms with Crippen molar-refractivity contribution in [2.24, 2.45) is 5.73 Å². The highest BCUT2D eigenvalue weighted by Crippen LogP contribution is 2.40. The van der Waals surface area contributed by atoms with Crippen LogP contribution in [0, 0.1) is 0 Å². The lowest BCUT2D eigenvalue weighted by atomic mass is 10.1. The molecular formula is C19H20ClN3O2. The summed E-state index contributed by atoms with van der Waals surface area (Å²) in [5.41, 5.74) is 9.27. The Kier molecular flexibility index (Phi) is 5.06. The lowest BCUT2D eigenvalue weighted by molar-refractivity contribution is -0.117. The molecule has 1 aliphatic carbocycles. The van der Waals surface area contributed by atoms with Gasteiger partial charge in [0.2, 0.25) is 5.91 Å². The van der Waals surface area contributed by atoms with Crippen molar-refractivity contribution in [1.82, 2.24) is 4.98 Å². The van der Waals surface area contributed by atoms with E-state index < -0.39 is 6.04 Å². The summed E-state index contributed by atoms with van der Waals surface area (Å²) in [6.45, 7) is 0. The van der Waals surface area contributed by atoms with Crippen LogP contribution in [0.1, 0.15) is 30.2 Å². The summed E-state index contributed by atoms with van der Waals surface area (Å²) < 4.78 is 5.73. The first kappa shape index (κ1) is 17.5. The van der Waals surface area contributed by atoms with Crippen LogP contribution in [0.4, 0.5) is 5.69 Å². The second-order valence-electron chi connectivity index (χ2n) is 6.29. The smallest absolute Gasteiger partial charge is 0.241 e. The normalized spacial score (nSPS) is 14.8. The van der Waals surface area contributed by atoms with E-state index in [4.69, 9.17) is 10.2 Å².